The molecule has 0 radical (unpaired) electrons. The molecular formula is C52H76Cl2I3N8O11S4V-. The Bertz CT molecular complexity index is 2480. The fourth-order valence-electron chi connectivity index (χ4n) is 6.41. The number of esters is 2. The summed E-state index contributed by atoms with van der Waals surface area (Å²) in [6.07, 6.45) is 5.27. The number of thioether (sulfide) groups is 2. The van der Waals surface area contributed by atoms with Crippen molar-refractivity contribution >= 4 is 184 Å². The number of alkyl halides is 3. The molecule has 0 spiro atoms. The van der Waals surface area contributed by atoms with E-state index in [0.717, 1.165) is 8.93 Å². The molecule has 3 aliphatic rings. The molecule has 4 bridgehead atoms. The fraction of sp³-hybridized carbons (Fsp3) is 0.615. The molecule has 0 saturated heterocycles. The number of thiazole rings is 2. The number of rotatable bonds is 17. The van der Waals surface area contributed by atoms with Crippen LogP contribution in [0.2, 0.25) is 0 Å². The van der Waals surface area contributed by atoms with Gasteiger partial charge in [0.2, 0.25) is 17.7 Å². The Morgan fingerprint density at radius 3 is 2.10 bits per heavy atom. The number of hydrogen-bond donors (Lipinski definition) is 5. The third-order valence-corrected chi connectivity index (χ3v) is 15.1. The van der Waals surface area contributed by atoms with Crippen molar-refractivity contribution < 1.29 is 62.3 Å². The van der Waals surface area contributed by atoms with Crippen molar-refractivity contribution in [1.29, 1.82) is 0 Å². The summed E-state index contributed by atoms with van der Waals surface area (Å²) in [5.41, 5.74) is -1.67. The summed E-state index contributed by atoms with van der Waals surface area (Å²) >= 11 is 24.1. The number of aliphatic imine (C=N–C) groups is 2. The van der Waals surface area contributed by atoms with Gasteiger partial charge in [0.15, 0.2) is 5.54 Å². The predicted octanol–water partition coefficient (Wildman–Crippen LogP) is 11.2. The van der Waals surface area contributed by atoms with Gasteiger partial charge in [-0.05, 0) is 71.4 Å². The van der Waals surface area contributed by atoms with E-state index in [9.17, 15) is 38.7 Å². The van der Waals surface area contributed by atoms with Crippen LogP contribution in [0.15, 0.2) is 45.0 Å². The first-order valence-electron chi connectivity index (χ1n) is 25.5. The van der Waals surface area contributed by atoms with Crippen LogP contribution in [0.4, 0.5) is 4.79 Å². The Labute approximate surface area is 546 Å². The van der Waals surface area contributed by atoms with Gasteiger partial charge in [-0.1, -0.05) is 76.3 Å². The minimum absolute atomic E-state index is 0.0399. The van der Waals surface area contributed by atoms with Crippen molar-refractivity contribution in [2.45, 2.75) is 167 Å². The number of aliphatic carboxylic acids is 1. The Morgan fingerprint density at radius 2 is 1.53 bits per heavy atom. The van der Waals surface area contributed by atoms with Crippen LogP contribution >= 0.6 is 132 Å². The summed E-state index contributed by atoms with van der Waals surface area (Å²) in [4.78, 5) is 106. The van der Waals surface area contributed by atoms with Gasteiger partial charge in [-0.3, -0.25) is 24.4 Å². The normalized spacial score (nSPS) is 20.7. The summed E-state index contributed by atoms with van der Waals surface area (Å²) < 4.78 is 17.3. The second-order valence-corrected chi connectivity index (χ2v) is 38.7. The number of nitrogens with one attached hydrogen (secondary N) is 4. The zero-order chi connectivity index (χ0) is 61.7. The van der Waals surface area contributed by atoms with Gasteiger partial charge in [-0.25, -0.2) is 29.1 Å². The van der Waals surface area contributed by atoms with Gasteiger partial charge in [-0.15, -0.1) is 69.4 Å². The number of carboxylic acid groups (broad SMARTS) is 1. The average molecular weight is 1620 g/mol. The molecule has 2 aromatic rings. The molecule has 5 heterocycles. The fourth-order valence-corrected chi connectivity index (χ4v) is 10.5. The van der Waals surface area contributed by atoms with Crippen LogP contribution in [0.3, 0.4) is 0 Å². The number of halogens is 5. The molecule has 0 saturated carbocycles. The first-order valence-corrected chi connectivity index (χ1v) is 40.6. The van der Waals surface area contributed by atoms with Crippen LogP contribution in [0, 0.1) is 18.8 Å². The van der Waals surface area contributed by atoms with Crippen molar-refractivity contribution in [3.05, 3.63) is 63.4 Å². The molecule has 6 atom stereocenters. The van der Waals surface area contributed by atoms with Gasteiger partial charge in [0.05, 0.1) is 25.9 Å². The van der Waals surface area contributed by atoms with Gasteiger partial charge < -0.3 is 47.5 Å². The number of amides is 4. The van der Waals surface area contributed by atoms with Crippen LogP contribution in [-0.2, 0) is 65.5 Å². The van der Waals surface area contributed by atoms with E-state index in [-0.39, 0.29) is 55.5 Å². The zero-order valence-corrected chi connectivity index (χ0v) is 60.2. The molecule has 81 heavy (non-hydrogen) atoms. The summed E-state index contributed by atoms with van der Waals surface area (Å²) in [5, 5.41) is 26.5. The van der Waals surface area contributed by atoms with Crippen LogP contribution < -0.4 is 21.3 Å². The molecule has 4 amide bonds. The Balaban J connectivity index is 0.000000717. The molecule has 0 fully saturated rings. The predicted molar refractivity (Wildman–Crippen MR) is 351 cm³/mol. The molecule has 455 valence electrons. The number of nitrogens with zero attached hydrogens (tertiary/aromatic N) is 4. The number of aromatic nitrogens is 2. The van der Waals surface area contributed by atoms with Gasteiger partial charge in [0.25, 0.3) is 0 Å². The zero-order valence-electron chi connectivity index (χ0n) is 47.6. The average Bonchev–Trinajstić information content (AvgIpc) is 4.24. The van der Waals surface area contributed by atoms with E-state index in [1.54, 1.807) is 85.1 Å². The van der Waals surface area contributed by atoms with Crippen molar-refractivity contribution in [2.75, 3.05) is 23.3 Å². The van der Waals surface area contributed by atoms with Crippen LogP contribution in [-0.4, -0.2) is 135 Å². The van der Waals surface area contributed by atoms with Crippen molar-refractivity contribution in [2.24, 2.45) is 21.8 Å². The van der Waals surface area contributed by atoms with Gasteiger partial charge >= 0.3 is 73.4 Å². The summed E-state index contributed by atoms with van der Waals surface area (Å²) in [6, 6.07) is -1.84. The Morgan fingerprint density at radius 1 is 0.951 bits per heavy atom. The molecule has 3 aliphatic heterocycles. The van der Waals surface area contributed by atoms with Gasteiger partial charge in [0.1, 0.15) is 66.9 Å². The monoisotopic (exact) mass is 1620 g/mol. The third kappa shape index (κ3) is 29.9. The molecule has 29 heteroatoms. The molecule has 0 aromatic carbocycles. The van der Waals surface area contributed by atoms with Gasteiger partial charge in [-0.2, -0.15) is 6.92 Å². The number of alkyl carbamates (subject to hydrolysis) is 1. The van der Waals surface area contributed by atoms with Gasteiger partial charge in [0, 0.05) is 38.0 Å². The van der Waals surface area contributed by atoms with E-state index < -0.39 is 65.0 Å². The molecule has 2 aromatic heterocycles. The third-order valence-electron chi connectivity index (χ3n) is 10.4. The number of fused-ring (bicyclic) bond motifs is 4. The van der Waals surface area contributed by atoms with Crippen LogP contribution in [0.25, 0.3) is 0 Å². The molecular weight excluding hydrogens is 1540 g/mol. The number of allylic oxidation sites excluding steroid dienone is 2. The van der Waals surface area contributed by atoms with E-state index in [0.29, 0.717) is 72.1 Å². The molecule has 5 rings (SSSR count). The molecule has 0 unspecified atom stereocenters. The topological polar surface area (TPSA) is 266 Å². The number of carbonyl (C=O) groups excluding carboxylic acids is 6. The molecule has 0 aliphatic carbocycles. The second-order valence-electron chi connectivity index (χ2n) is 19.9. The van der Waals surface area contributed by atoms with Crippen molar-refractivity contribution in [3.63, 3.8) is 0 Å². The maximum absolute atomic E-state index is 13.1. The molecule has 5 N–H and O–H groups in total. The van der Waals surface area contributed by atoms with E-state index in [1.165, 1.54) is 46.2 Å². The summed E-state index contributed by atoms with van der Waals surface area (Å²) in [6.45, 7) is 25.3. The van der Waals surface area contributed by atoms with Crippen molar-refractivity contribution in [3.8, 4) is 0 Å². The summed E-state index contributed by atoms with van der Waals surface area (Å²) in [7, 11) is 0.628. The second kappa shape index (κ2) is 39.8. The van der Waals surface area contributed by atoms with E-state index in [4.69, 9.17) is 37.4 Å². The van der Waals surface area contributed by atoms with E-state index >= 15 is 0 Å². The first-order chi connectivity index (χ1) is 38.0. The number of carboxylic acids is 1. The first kappa shape index (κ1) is 77.2. The number of carbonyl (C=O) groups is 7. The standard InChI is InChI=1S/C26H37ClN4O7S2.C21H27ClN4O4S2.C3H7I.C2H5.2HI.V/c1-15(2)20(30-24(36)38-25(3,4)5)22(33)37-16(9-7-8-10-27)11-18(32)28-12-19-29-17(13-39-19)21-31-26(6,14-40-21)23(34)35;1-12(2)17-19(28)30-13(6-4-5-7-22)8-15(27)23-9-16-24-14(10-31-16)18-26-21(3,11-32-18)20(29)25-17;1-3(2)4;1-2;;;/h7,9,13,15-16,20H,8,10-12,14H2,1-6H3,(H,28,32)(H,30,36)(H,34,35);4,6,10,12-13,17H,5,7-9,11H2,1-3H3,(H,23,27)(H,25,29);3H,1-2H3;1H2,2H3;2*1H;/q;;;-1;;;+2/p-2/b9-7+;6-4+;;;;;/t16-,20+,26+;13-,17+,21+;;;;;/m11...../s1. The van der Waals surface area contributed by atoms with Crippen LogP contribution in [0.5, 0.6) is 0 Å². The summed E-state index contributed by atoms with van der Waals surface area (Å²) in [5.74, 6) is -2.23. The number of hydrogen-bond acceptors (Lipinski definition) is 18. The van der Waals surface area contributed by atoms with Crippen LogP contribution in [0.1, 0.15) is 130 Å². The SMILES string of the molecule is CC(C)I.CC(C)[C@@H]1NC(=O)[C@]2(C)CSC(=N2)c2csc(n2)CNC(=O)C[C@@H](/C=C/CCCl)OC1=O.CC(C)[C@H](NC(=O)OC(C)(C)C)C(=O)O[C@H](/C=C/CCCl)CC(=O)NCc1nc(C2=N[C@](C)(C(=O)O)CS2)cs1.[CH2-]C.[I][V][I]. The van der Waals surface area contributed by atoms with Crippen molar-refractivity contribution in [1.82, 2.24) is 31.2 Å². The van der Waals surface area contributed by atoms with E-state index in [2.05, 4.69) is 125 Å². The Hall–Kier alpha value is -1.78. The molecule has 19 nitrogen and oxygen atoms in total. The quantitative estimate of drug-likeness (QED) is 0.0246. The Kier molecular flexibility index (Phi) is 38.0. The number of ether oxygens (including phenoxy) is 3. The number of cyclic esters (lactones) is 1. The van der Waals surface area contributed by atoms with E-state index in [1.807, 2.05) is 19.2 Å². The minimum atomic E-state index is -1.18. The maximum atomic E-state index is 13.1.